The van der Waals surface area contributed by atoms with Crippen LogP contribution in [0.25, 0.3) is 0 Å². The Morgan fingerprint density at radius 2 is 2.19 bits per heavy atom. The number of nitrogens with one attached hydrogen (secondary N) is 1. The van der Waals surface area contributed by atoms with E-state index in [4.69, 9.17) is 4.74 Å². The van der Waals surface area contributed by atoms with Crippen molar-refractivity contribution in [2.24, 2.45) is 0 Å². The Morgan fingerprint density at radius 3 is 2.81 bits per heavy atom. The molecule has 1 saturated heterocycles. The zero-order chi connectivity index (χ0) is 15.0. The summed E-state index contributed by atoms with van der Waals surface area (Å²) in [4.78, 5) is 13.2. The number of likely N-dealkylation sites (tertiary alicyclic amines) is 1. The number of ether oxygens (including phenoxy) is 1. The van der Waals surface area contributed by atoms with Gasteiger partial charge in [-0.2, -0.15) is 0 Å². The molecule has 6 heteroatoms. The van der Waals surface area contributed by atoms with Crippen LogP contribution in [0, 0.1) is 10.1 Å². The molecule has 2 unspecified atom stereocenters. The van der Waals surface area contributed by atoms with Gasteiger partial charge in [0.15, 0.2) is 5.75 Å². The Kier molecular flexibility index (Phi) is 3.71. The van der Waals surface area contributed by atoms with E-state index in [0.717, 1.165) is 24.7 Å². The number of anilines is 1. The highest BCUT2D eigenvalue weighted by Gasteiger charge is 2.38. The summed E-state index contributed by atoms with van der Waals surface area (Å²) < 4.78 is 5.03. The minimum atomic E-state index is -0.405. The van der Waals surface area contributed by atoms with Crippen molar-refractivity contribution in [2.75, 3.05) is 19.0 Å². The average Bonchev–Trinajstić information content (AvgIpc) is 3.23. The Bertz CT molecular complexity index is 545. The molecule has 21 heavy (non-hydrogen) atoms. The summed E-state index contributed by atoms with van der Waals surface area (Å²) >= 11 is 0. The molecular formula is C15H21N3O3. The number of benzene rings is 1. The van der Waals surface area contributed by atoms with Gasteiger partial charge in [0.2, 0.25) is 0 Å². The minimum absolute atomic E-state index is 0.00703. The number of nitrogens with zero attached hydrogens (tertiary/aromatic N) is 2. The topological polar surface area (TPSA) is 67.6 Å². The second-order valence-electron chi connectivity index (χ2n) is 6.00. The van der Waals surface area contributed by atoms with Gasteiger partial charge in [0, 0.05) is 36.4 Å². The van der Waals surface area contributed by atoms with E-state index in [2.05, 4.69) is 17.1 Å². The van der Waals surface area contributed by atoms with Crippen LogP contribution in [0.3, 0.4) is 0 Å². The second kappa shape index (κ2) is 5.52. The third-order valence-corrected chi connectivity index (χ3v) is 4.39. The van der Waals surface area contributed by atoms with Gasteiger partial charge in [-0.25, -0.2) is 0 Å². The van der Waals surface area contributed by atoms with Gasteiger partial charge in [-0.3, -0.25) is 15.0 Å². The van der Waals surface area contributed by atoms with Crippen molar-refractivity contribution in [1.82, 2.24) is 4.90 Å². The maximum absolute atomic E-state index is 11.1. The van der Waals surface area contributed by atoms with Crippen molar-refractivity contribution < 1.29 is 9.66 Å². The maximum atomic E-state index is 11.1. The van der Waals surface area contributed by atoms with Crippen molar-refractivity contribution in [3.05, 3.63) is 28.3 Å². The van der Waals surface area contributed by atoms with Gasteiger partial charge in [0.25, 0.3) is 0 Å². The Balaban J connectivity index is 1.70. The molecule has 0 bridgehead atoms. The summed E-state index contributed by atoms with van der Waals surface area (Å²) in [6.45, 7) is 3.28. The first kappa shape index (κ1) is 14.1. The normalized spacial score (nSPS) is 25.8. The molecule has 1 aromatic rings. The second-order valence-corrected chi connectivity index (χ2v) is 6.00. The lowest BCUT2D eigenvalue weighted by atomic mass is 10.1. The Hall–Kier alpha value is -1.82. The summed E-state index contributed by atoms with van der Waals surface area (Å²) in [7, 11) is 1.45. The standard InChI is InChI=1S/C15H21N3O3/c1-10-7-12(9-17(10)13-4-5-13)16-11-3-6-15(21-2)14(8-11)18(19)20/h3,6,8,10,12-13,16H,4-5,7,9H2,1-2H3. The molecule has 1 aromatic carbocycles. The molecule has 0 spiro atoms. The van der Waals surface area contributed by atoms with Crippen LogP contribution in [-0.4, -0.2) is 41.6 Å². The molecule has 114 valence electrons. The predicted molar refractivity (Wildman–Crippen MR) is 80.9 cm³/mol. The number of methoxy groups -OCH3 is 1. The fraction of sp³-hybridized carbons (Fsp3) is 0.600. The fourth-order valence-corrected chi connectivity index (χ4v) is 3.23. The van der Waals surface area contributed by atoms with Crippen molar-refractivity contribution in [3.63, 3.8) is 0 Å². The third-order valence-electron chi connectivity index (χ3n) is 4.39. The first-order valence-corrected chi connectivity index (χ1v) is 7.43. The molecule has 1 aliphatic heterocycles. The van der Waals surface area contributed by atoms with Gasteiger partial charge in [-0.15, -0.1) is 0 Å². The smallest absolute Gasteiger partial charge is 0.312 e. The average molecular weight is 291 g/mol. The van der Waals surface area contributed by atoms with Crippen LogP contribution in [0.2, 0.25) is 0 Å². The van der Waals surface area contributed by atoms with Crippen LogP contribution in [0.15, 0.2) is 18.2 Å². The lowest BCUT2D eigenvalue weighted by Gasteiger charge is -2.20. The van der Waals surface area contributed by atoms with Gasteiger partial charge in [0.05, 0.1) is 12.0 Å². The molecule has 2 atom stereocenters. The first-order chi connectivity index (χ1) is 10.1. The van der Waals surface area contributed by atoms with E-state index in [1.165, 1.54) is 20.0 Å². The Morgan fingerprint density at radius 1 is 1.43 bits per heavy atom. The quantitative estimate of drug-likeness (QED) is 0.667. The van der Waals surface area contributed by atoms with Crippen LogP contribution in [0.4, 0.5) is 11.4 Å². The van der Waals surface area contributed by atoms with E-state index >= 15 is 0 Å². The predicted octanol–water partition coefficient (Wildman–Crippen LogP) is 2.64. The van der Waals surface area contributed by atoms with Gasteiger partial charge in [-0.05, 0) is 38.3 Å². The highest BCUT2D eigenvalue weighted by atomic mass is 16.6. The van der Waals surface area contributed by atoms with Gasteiger partial charge in [-0.1, -0.05) is 0 Å². The first-order valence-electron chi connectivity index (χ1n) is 7.43. The number of nitro benzene ring substituents is 1. The lowest BCUT2D eigenvalue weighted by Crippen LogP contribution is -2.31. The third kappa shape index (κ3) is 2.95. The highest BCUT2D eigenvalue weighted by molar-refractivity contribution is 5.59. The van der Waals surface area contributed by atoms with E-state index in [1.54, 1.807) is 12.1 Å². The number of rotatable bonds is 5. The summed E-state index contributed by atoms with van der Waals surface area (Å²) in [5, 5.41) is 14.5. The molecule has 1 heterocycles. The van der Waals surface area contributed by atoms with Crippen molar-refractivity contribution in [2.45, 2.75) is 44.3 Å². The lowest BCUT2D eigenvalue weighted by molar-refractivity contribution is -0.385. The van der Waals surface area contributed by atoms with Crippen molar-refractivity contribution in [3.8, 4) is 5.75 Å². The summed E-state index contributed by atoms with van der Waals surface area (Å²) in [6.07, 6.45) is 3.70. The SMILES string of the molecule is COc1ccc(NC2CC(C)N(C3CC3)C2)cc1[N+](=O)[O-]. The molecule has 0 amide bonds. The minimum Gasteiger partial charge on any atom is -0.490 e. The summed E-state index contributed by atoms with van der Waals surface area (Å²) in [5.41, 5.74) is 0.796. The molecule has 0 aromatic heterocycles. The van der Waals surface area contributed by atoms with E-state index in [1.807, 2.05) is 6.07 Å². The molecular weight excluding hydrogens is 270 g/mol. The molecule has 2 aliphatic rings. The Labute approximate surface area is 124 Å². The monoisotopic (exact) mass is 291 g/mol. The largest absolute Gasteiger partial charge is 0.490 e. The molecule has 3 rings (SSSR count). The summed E-state index contributed by atoms with van der Waals surface area (Å²) in [5.74, 6) is 0.296. The van der Waals surface area contributed by atoms with Crippen molar-refractivity contribution in [1.29, 1.82) is 0 Å². The van der Waals surface area contributed by atoms with E-state index < -0.39 is 4.92 Å². The number of hydrogen-bond donors (Lipinski definition) is 1. The molecule has 0 radical (unpaired) electrons. The van der Waals surface area contributed by atoms with Crippen LogP contribution >= 0.6 is 0 Å². The number of hydrogen-bond acceptors (Lipinski definition) is 5. The van der Waals surface area contributed by atoms with Gasteiger partial charge in [0.1, 0.15) is 0 Å². The number of nitro groups is 1. The molecule has 1 saturated carbocycles. The van der Waals surface area contributed by atoms with E-state index in [9.17, 15) is 10.1 Å². The molecule has 2 fully saturated rings. The van der Waals surface area contributed by atoms with Gasteiger partial charge >= 0.3 is 5.69 Å². The molecule has 6 nitrogen and oxygen atoms in total. The zero-order valence-electron chi connectivity index (χ0n) is 12.4. The van der Waals surface area contributed by atoms with Crippen LogP contribution in [-0.2, 0) is 0 Å². The molecule has 1 N–H and O–H groups in total. The molecule has 1 aliphatic carbocycles. The highest BCUT2D eigenvalue weighted by Crippen LogP contribution is 2.35. The van der Waals surface area contributed by atoms with Crippen LogP contribution in [0.1, 0.15) is 26.2 Å². The van der Waals surface area contributed by atoms with Gasteiger partial charge < -0.3 is 10.1 Å². The zero-order valence-corrected chi connectivity index (χ0v) is 12.4. The van der Waals surface area contributed by atoms with Crippen LogP contribution < -0.4 is 10.1 Å². The van der Waals surface area contributed by atoms with E-state index in [-0.39, 0.29) is 5.69 Å². The summed E-state index contributed by atoms with van der Waals surface area (Å²) in [6, 6.07) is 6.76. The van der Waals surface area contributed by atoms with E-state index in [0.29, 0.717) is 17.8 Å². The van der Waals surface area contributed by atoms with Crippen molar-refractivity contribution >= 4 is 11.4 Å². The fourth-order valence-electron chi connectivity index (χ4n) is 3.23. The van der Waals surface area contributed by atoms with Crippen LogP contribution in [0.5, 0.6) is 5.75 Å². The maximum Gasteiger partial charge on any atom is 0.312 e.